The third kappa shape index (κ3) is 6.23. The summed E-state index contributed by atoms with van der Waals surface area (Å²) in [5.41, 5.74) is 6.44. The fourth-order valence-corrected chi connectivity index (χ4v) is 7.72. The van der Waals surface area contributed by atoms with Gasteiger partial charge in [-0.15, -0.1) is 0 Å². The quantitative estimate of drug-likeness (QED) is 0.473. The monoisotopic (exact) mass is 282 g/mol. The van der Waals surface area contributed by atoms with Gasteiger partial charge in [0.05, 0.1) is 6.61 Å². The van der Waals surface area contributed by atoms with Gasteiger partial charge in [-0.2, -0.15) is 0 Å². The Hall–Kier alpha value is -0.786. The molecule has 0 aliphatic heterocycles. The Labute approximate surface area is 113 Å². The van der Waals surface area contributed by atoms with E-state index in [0.29, 0.717) is 0 Å². The zero-order valence-corrected chi connectivity index (χ0v) is 13.8. The van der Waals surface area contributed by atoms with E-state index in [4.69, 9.17) is 14.6 Å². The third-order valence-electron chi connectivity index (χ3n) is 2.53. The van der Waals surface area contributed by atoms with E-state index in [2.05, 4.69) is 26.2 Å². The highest BCUT2D eigenvalue weighted by Gasteiger charge is 2.23. The molecule has 0 amide bonds. The van der Waals surface area contributed by atoms with Crippen molar-refractivity contribution in [1.29, 1.82) is 0 Å². The van der Waals surface area contributed by atoms with Crippen molar-refractivity contribution in [3.8, 4) is 5.75 Å². The minimum atomic E-state index is -1.47. The summed E-state index contributed by atoms with van der Waals surface area (Å²) in [6, 6.07) is 8.72. The second kappa shape index (κ2) is 6.96. The topological polar surface area (TPSA) is 44.5 Å². The van der Waals surface area contributed by atoms with E-state index in [0.717, 1.165) is 30.5 Å². The molecule has 1 aromatic rings. The minimum absolute atomic E-state index is 0.581. The first kappa shape index (κ1) is 15.3. The highest BCUT2D eigenvalue weighted by Crippen LogP contribution is 2.17. The maximum atomic E-state index is 6.07. The molecule has 0 aliphatic carbocycles. The van der Waals surface area contributed by atoms with Crippen molar-refractivity contribution in [3.63, 3.8) is 0 Å². The molecular weight excluding hydrogens is 258 g/mol. The Morgan fingerprint density at radius 3 is 2.61 bits per heavy atom. The molecule has 0 aliphatic rings. The Kier molecular flexibility index (Phi) is 5.91. The number of benzene rings is 1. The molecule has 0 heterocycles. The second-order valence-corrected chi connectivity index (χ2v) is 11.9. The number of rotatable bonds is 7. The van der Waals surface area contributed by atoms with Gasteiger partial charge in [0.25, 0.3) is 0 Å². The third-order valence-corrected chi connectivity index (χ3v) is 7.93. The van der Waals surface area contributed by atoms with Crippen LogP contribution in [-0.4, -0.2) is 24.0 Å². The first-order chi connectivity index (χ1) is 8.39. The normalized spacial score (nSPS) is 11.8. The number of nitrogens with two attached hydrogens (primary N) is 1. The van der Waals surface area contributed by atoms with Crippen LogP contribution in [0.3, 0.4) is 0 Å². The molecule has 0 aromatic heterocycles. The van der Waals surface area contributed by atoms with Crippen molar-refractivity contribution in [2.24, 2.45) is 0 Å². The van der Waals surface area contributed by atoms with Crippen LogP contribution in [0.15, 0.2) is 24.3 Å². The molecule has 2 N–H and O–H groups in total. The summed E-state index contributed by atoms with van der Waals surface area (Å²) in [4.78, 5) is 0. The highest BCUT2D eigenvalue weighted by atomic mass is 28.4. The molecule has 101 valence electrons. The van der Waals surface area contributed by atoms with Gasteiger partial charge in [0.1, 0.15) is 5.75 Å². The Morgan fingerprint density at radius 2 is 2.00 bits per heavy atom. The van der Waals surface area contributed by atoms with Crippen LogP contribution in [0.1, 0.15) is 6.42 Å². The Balaban J connectivity index is 2.26. The van der Waals surface area contributed by atoms with Gasteiger partial charge in [-0.25, -0.2) is 0 Å². The molecule has 3 nitrogen and oxygen atoms in total. The molecule has 1 aromatic carbocycles. The molecule has 0 bridgehead atoms. The van der Waals surface area contributed by atoms with Crippen LogP contribution < -0.4 is 10.5 Å². The molecular formula is C13H24NO2Si2. The summed E-state index contributed by atoms with van der Waals surface area (Å²) in [6.45, 7) is 9.69. The van der Waals surface area contributed by atoms with E-state index in [9.17, 15) is 0 Å². The fourth-order valence-electron chi connectivity index (χ4n) is 1.90. The lowest BCUT2D eigenvalue weighted by atomic mass is 10.3. The number of anilines is 1. The minimum Gasteiger partial charge on any atom is -0.494 e. The van der Waals surface area contributed by atoms with E-state index < -0.39 is 17.4 Å². The van der Waals surface area contributed by atoms with Crippen LogP contribution in [0.25, 0.3) is 0 Å². The van der Waals surface area contributed by atoms with Crippen LogP contribution >= 0.6 is 0 Å². The smallest absolute Gasteiger partial charge is 0.191 e. The summed E-state index contributed by atoms with van der Waals surface area (Å²) < 4.78 is 11.8. The number of hydrogen-bond acceptors (Lipinski definition) is 3. The van der Waals surface area contributed by atoms with E-state index in [1.807, 2.05) is 24.3 Å². The molecule has 0 saturated heterocycles. The van der Waals surface area contributed by atoms with E-state index >= 15 is 0 Å². The van der Waals surface area contributed by atoms with Crippen LogP contribution in [0.4, 0.5) is 5.69 Å². The van der Waals surface area contributed by atoms with Gasteiger partial charge in [0.15, 0.2) is 17.4 Å². The van der Waals surface area contributed by atoms with Crippen LogP contribution in [0.2, 0.25) is 32.2 Å². The maximum Gasteiger partial charge on any atom is 0.191 e. The molecule has 0 saturated carbocycles. The maximum absolute atomic E-state index is 6.07. The Bertz CT molecular complexity index is 370. The van der Waals surface area contributed by atoms with Gasteiger partial charge in [0, 0.05) is 11.8 Å². The van der Waals surface area contributed by atoms with Crippen molar-refractivity contribution in [1.82, 2.24) is 0 Å². The lowest BCUT2D eigenvalue weighted by molar-refractivity contribution is 0.315. The average Bonchev–Trinajstić information content (AvgIpc) is 2.23. The lowest BCUT2D eigenvalue weighted by Gasteiger charge is -2.25. The zero-order chi connectivity index (χ0) is 13.6. The van der Waals surface area contributed by atoms with Crippen molar-refractivity contribution in [2.45, 2.75) is 38.7 Å². The highest BCUT2D eigenvalue weighted by molar-refractivity contribution is 6.77. The van der Waals surface area contributed by atoms with Gasteiger partial charge in [-0.05, 0) is 50.8 Å². The molecule has 18 heavy (non-hydrogen) atoms. The number of nitrogen functional groups attached to an aromatic ring is 1. The molecule has 0 atom stereocenters. The molecule has 5 heteroatoms. The Morgan fingerprint density at radius 1 is 1.28 bits per heavy atom. The zero-order valence-electron chi connectivity index (χ0n) is 11.8. The van der Waals surface area contributed by atoms with Crippen LogP contribution in [0, 0.1) is 0 Å². The molecule has 0 fully saturated rings. The van der Waals surface area contributed by atoms with Crippen LogP contribution in [-0.2, 0) is 4.12 Å². The predicted octanol–water partition coefficient (Wildman–Crippen LogP) is 3.51. The summed E-state index contributed by atoms with van der Waals surface area (Å²) in [5, 5.41) is 0. The fraction of sp³-hybridized carbons (Fsp3) is 0.538. The predicted molar refractivity (Wildman–Crippen MR) is 81.8 cm³/mol. The SMILES string of the molecule is C[Si](C)O[Si](C)(C)CCCOc1cccc(N)c1. The lowest BCUT2D eigenvalue weighted by Crippen LogP contribution is -2.35. The van der Waals surface area contributed by atoms with Crippen molar-refractivity contribution in [2.75, 3.05) is 12.3 Å². The summed E-state index contributed by atoms with van der Waals surface area (Å²) in [7, 11) is -2.06. The van der Waals surface area contributed by atoms with Gasteiger partial charge >= 0.3 is 0 Å². The molecule has 0 spiro atoms. The second-order valence-electron chi connectivity index (χ2n) is 5.29. The summed E-state index contributed by atoms with van der Waals surface area (Å²) >= 11 is 0. The number of ether oxygens (including phenoxy) is 1. The molecule has 0 unspecified atom stereocenters. The van der Waals surface area contributed by atoms with Gasteiger partial charge in [-0.1, -0.05) is 6.07 Å². The first-order valence-corrected chi connectivity index (χ1v) is 11.9. The average molecular weight is 283 g/mol. The summed E-state index contributed by atoms with van der Waals surface area (Å²) in [5.74, 6) is 0.853. The standard InChI is InChI=1S/C13H24NO2Si2/c1-17(2)16-18(3,4)10-6-9-15-13-8-5-7-12(14)11-13/h5,7-8,11H,6,9-10,14H2,1-4H3. The van der Waals surface area contributed by atoms with E-state index in [1.54, 1.807) is 0 Å². The largest absolute Gasteiger partial charge is 0.494 e. The van der Waals surface area contributed by atoms with Gasteiger partial charge < -0.3 is 14.6 Å². The van der Waals surface area contributed by atoms with Crippen molar-refractivity contribution >= 4 is 23.0 Å². The molecule has 1 radical (unpaired) electrons. The number of hydrogen-bond donors (Lipinski definition) is 1. The van der Waals surface area contributed by atoms with E-state index in [1.165, 1.54) is 0 Å². The molecule has 1 rings (SSSR count). The van der Waals surface area contributed by atoms with Gasteiger partial charge in [0.2, 0.25) is 0 Å². The van der Waals surface area contributed by atoms with Crippen molar-refractivity contribution < 1.29 is 8.85 Å². The van der Waals surface area contributed by atoms with Crippen molar-refractivity contribution in [3.05, 3.63) is 24.3 Å². The van der Waals surface area contributed by atoms with Crippen LogP contribution in [0.5, 0.6) is 5.75 Å². The van der Waals surface area contributed by atoms with Gasteiger partial charge in [-0.3, -0.25) is 0 Å². The van der Waals surface area contributed by atoms with E-state index in [-0.39, 0.29) is 0 Å². The first-order valence-electron chi connectivity index (χ1n) is 6.36. The summed E-state index contributed by atoms with van der Waals surface area (Å²) in [6.07, 6.45) is 1.04.